The van der Waals surface area contributed by atoms with Crippen LogP contribution >= 0.6 is 0 Å². The van der Waals surface area contributed by atoms with Gasteiger partial charge in [0.15, 0.2) is 0 Å². The van der Waals surface area contributed by atoms with Crippen molar-refractivity contribution in [3.8, 4) is 0 Å². The molecule has 0 aliphatic heterocycles. The number of benzene rings is 1. The molecule has 0 amide bonds. The van der Waals surface area contributed by atoms with Crippen LogP contribution in [0.3, 0.4) is 0 Å². The lowest BCUT2D eigenvalue weighted by molar-refractivity contribution is 0.555. The van der Waals surface area contributed by atoms with E-state index in [4.69, 9.17) is 0 Å². The zero-order valence-electron chi connectivity index (χ0n) is 14.0. The standard InChI is InChI=1S/C16H22FN3O2S/c1-10-6-7-14(17)9-16(10)23(21,22)19-11(2)8-15-12(3)18-20(5)13(15)4/h6-7,9,11,19H,8H2,1-5H3/t11-/m0/s1. The number of sulfonamides is 1. The minimum Gasteiger partial charge on any atom is -0.272 e. The molecule has 2 rings (SSSR count). The molecule has 1 aromatic heterocycles. The van der Waals surface area contributed by atoms with Gasteiger partial charge in [0, 0.05) is 18.8 Å². The molecule has 0 spiro atoms. The van der Waals surface area contributed by atoms with Crippen LogP contribution < -0.4 is 4.72 Å². The highest BCUT2D eigenvalue weighted by atomic mass is 32.2. The number of halogens is 1. The fraction of sp³-hybridized carbons (Fsp3) is 0.438. The lowest BCUT2D eigenvalue weighted by Crippen LogP contribution is -2.34. The summed E-state index contributed by atoms with van der Waals surface area (Å²) in [6.07, 6.45) is 0.527. The molecule has 0 bridgehead atoms. The second kappa shape index (κ2) is 6.41. The molecule has 2 aromatic rings. The first kappa shape index (κ1) is 17.6. The van der Waals surface area contributed by atoms with Crippen molar-refractivity contribution in [3.63, 3.8) is 0 Å². The summed E-state index contributed by atoms with van der Waals surface area (Å²) < 4.78 is 42.7. The molecule has 1 aromatic carbocycles. The molecule has 126 valence electrons. The van der Waals surface area contributed by atoms with E-state index in [0.717, 1.165) is 23.0 Å². The molecule has 0 saturated heterocycles. The van der Waals surface area contributed by atoms with Crippen LogP contribution in [0, 0.1) is 26.6 Å². The van der Waals surface area contributed by atoms with Crippen LogP contribution in [0.1, 0.15) is 29.4 Å². The van der Waals surface area contributed by atoms with Gasteiger partial charge in [0.25, 0.3) is 0 Å². The Kier molecular flexibility index (Phi) is 4.91. The lowest BCUT2D eigenvalue weighted by Gasteiger charge is -2.16. The summed E-state index contributed by atoms with van der Waals surface area (Å²) in [6.45, 7) is 7.29. The van der Waals surface area contributed by atoms with Gasteiger partial charge >= 0.3 is 0 Å². The Morgan fingerprint density at radius 1 is 1.30 bits per heavy atom. The van der Waals surface area contributed by atoms with E-state index in [-0.39, 0.29) is 10.9 Å². The Hall–Kier alpha value is -1.73. The maximum Gasteiger partial charge on any atom is 0.241 e. The van der Waals surface area contributed by atoms with Gasteiger partial charge in [-0.25, -0.2) is 17.5 Å². The second-order valence-corrected chi connectivity index (χ2v) is 7.59. The van der Waals surface area contributed by atoms with Gasteiger partial charge in [-0.2, -0.15) is 5.10 Å². The highest BCUT2D eigenvalue weighted by Gasteiger charge is 2.22. The Bertz CT molecular complexity index is 828. The van der Waals surface area contributed by atoms with Gasteiger partial charge in [-0.1, -0.05) is 6.07 Å². The fourth-order valence-corrected chi connectivity index (χ4v) is 4.15. The summed E-state index contributed by atoms with van der Waals surface area (Å²) in [5, 5.41) is 4.33. The Labute approximate surface area is 136 Å². The second-order valence-electron chi connectivity index (χ2n) is 5.91. The lowest BCUT2D eigenvalue weighted by atomic mass is 10.1. The predicted molar refractivity (Wildman–Crippen MR) is 87.3 cm³/mol. The van der Waals surface area contributed by atoms with Crippen LogP contribution in [0.5, 0.6) is 0 Å². The third-order valence-electron chi connectivity index (χ3n) is 3.97. The molecular weight excluding hydrogens is 317 g/mol. The Balaban J connectivity index is 2.22. The molecule has 0 aliphatic rings. The first-order chi connectivity index (χ1) is 10.6. The number of nitrogens with zero attached hydrogens (tertiary/aromatic N) is 2. The fourth-order valence-electron chi connectivity index (χ4n) is 2.65. The van der Waals surface area contributed by atoms with Crippen molar-refractivity contribution in [2.45, 2.75) is 45.1 Å². The maximum atomic E-state index is 13.4. The van der Waals surface area contributed by atoms with Crippen LogP contribution in [0.2, 0.25) is 0 Å². The SMILES string of the molecule is Cc1ccc(F)cc1S(=O)(=O)N[C@@H](C)Cc1c(C)nn(C)c1C. The van der Waals surface area contributed by atoms with Crippen LogP contribution in [0.15, 0.2) is 23.1 Å². The number of nitrogens with one attached hydrogen (secondary N) is 1. The highest BCUT2D eigenvalue weighted by molar-refractivity contribution is 7.89. The smallest absolute Gasteiger partial charge is 0.241 e. The molecule has 7 heteroatoms. The zero-order valence-corrected chi connectivity index (χ0v) is 14.8. The van der Waals surface area contributed by atoms with Gasteiger partial charge in [0.2, 0.25) is 10.0 Å². The summed E-state index contributed by atoms with van der Waals surface area (Å²) in [6, 6.07) is 3.43. The molecule has 1 atom stereocenters. The van der Waals surface area contributed by atoms with Gasteiger partial charge in [0.1, 0.15) is 5.82 Å². The monoisotopic (exact) mass is 339 g/mol. The van der Waals surface area contributed by atoms with Crippen molar-refractivity contribution in [2.24, 2.45) is 7.05 Å². The van der Waals surface area contributed by atoms with Crippen LogP contribution in [-0.4, -0.2) is 24.2 Å². The van der Waals surface area contributed by atoms with Crippen molar-refractivity contribution in [1.29, 1.82) is 0 Å². The molecule has 0 fully saturated rings. The number of rotatable bonds is 5. The van der Waals surface area contributed by atoms with Crippen LogP contribution in [0.4, 0.5) is 4.39 Å². The summed E-state index contributed by atoms with van der Waals surface area (Å²) in [7, 11) is -1.91. The van der Waals surface area contributed by atoms with E-state index in [1.165, 1.54) is 12.1 Å². The molecule has 1 N–H and O–H groups in total. The van der Waals surface area contributed by atoms with Crippen LogP contribution in [-0.2, 0) is 23.5 Å². The molecular formula is C16H22FN3O2S. The van der Waals surface area contributed by atoms with E-state index in [1.54, 1.807) is 18.5 Å². The van der Waals surface area contributed by atoms with Crippen LogP contribution in [0.25, 0.3) is 0 Å². The van der Waals surface area contributed by atoms with Crippen molar-refractivity contribution in [2.75, 3.05) is 0 Å². The number of aryl methyl sites for hydroxylation is 3. The molecule has 5 nitrogen and oxygen atoms in total. The number of hydrogen-bond donors (Lipinski definition) is 1. The first-order valence-corrected chi connectivity index (χ1v) is 8.87. The maximum absolute atomic E-state index is 13.4. The van der Waals surface area contributed by atoms with Gasteiger partial charge in [0.05, 0.1) is 10.6 Å². The first-order valence-electron chi connectivity index (χ1n) is 7.39. The summed E-state index contributed by atoms with van der Waals surface area (Å²) in [4.78, 5) is -0.0241. The van der Waals surface area contributed by atoms with E-state index < -0.39 is 15.8 Å². The van der Waals surface area contributed by atoms with E-state index in [0.29, 0.717) is 12.0 Å². The molecule has 0 radical (unpaired) electrons. The van der Waals surface area contributed by atoms with Gasteiger partial charge in [-0.05, 0) is 57.4 Å². The molecule has 0 saturated carbocycles. The quantitative estimate of drug-likeness (QED) is 0.910. The van der Waals surface area contributed by atoms with Crippen molar-refractivity contribution in [1.82, 2.24) is 14.5 Å². The molecule has 0 aliphatic carbocycles. The molecule has 1 heterocycles. The van der Waals surface area contributed by atoms with Gasteiger partial charge < -0.3 is 0 Å². The average molecular weight is 339 g/mol. The Morgan fingerprint density at radius 2 is 1.96 bits per heavy atom. The number of hydrogen-bond acceptors (Lipinski definition) is 3. The Morgan fingerprint density at radius 3 is 2.52 bits per heavy atom. The van der Waals surface area contributed by atoms with Crippen molar-refractivity contribution in [3.05, 3.63) is 46.5 Å². The largest absolute Gasteiger partial charge is 0.272 e. The summed E-state index contributed by atoms with van der Waals surface area (Å²) in [5.74, 6) is -0.567. The van der Waals surface area contributed by atoms with Gasteiger partial charge in [-0.15, -0.1) is 0 Å². The third kappa shape index (κ3) is 3.79. The molecule has 0 unspecified atom stereocenters. The number of aromatic nitrogens is 2. The van der Waals surface area contributed by atoms with Gasteiger partial charge in [-0.3, -0.25) is 4.68 Å². The minimum absolute atomic E-state index is 0.0241. The summed E-state index contributed by atoms with van der Waals surface area (Å²) >= 11 is 0. The topological polar surface area (TPSA) is 64.0 Å². The summed E-state index contributed by atoms with van der Waals surface area (Å²) in [5.41, 5.74) is 3.44. The predicted octanol–water partition coefficient (Wildman–Crippen LogP) is 2.39. The van der Waals surface area contributed by atoms with Crippen molar-refractivity contribution >= 4 is 10.0 Å². The normalized spacial score (nSPS) is 13.3. The van der Waals surface area contributed by atoms with E-state index >= 15 is 0 Å². The third-order valence-corrected chi connectivity index (χ3v) is 5.70. The van der Waals surface area contributed by atoms with Crippen molar-refractivity contribution < 1.29 is 12.8 Å². The minimum atomic E-state index is -3.77. The highest BCUT2D eigenvalue weighted by Crippen LogP contribution is 2.18. The van der Waals surface area contributed by atoms with E-state index in [2.05, 4.69) is 9.82 Å². The zero-order chi connectivity index (χ0) is 17.4. The molecule has 23 heavy (non-hydrogen) atoms. The average Bonchev–Trinajstić information content (AvgIpc) is 2.67. The van der Waals surface area contributed by atoms with E-state index in [1.807, 2.05) is 20.9 Å². The van der Waals surface area contributed by atoms with E-state index in [9.17, 15) is 12.8 Å².